The molecule has 0 aliphatic carbocycles. The van der Waals surface area contributed by atoms with Gasteiger partial charge in [0, 0.05) is 0 Å². The predicted octanol–water partition coefficient (Wildman–Crippen LogP) is 2.26. The summed E-state index contributed by atoms with van der Waals surface area (Å²) in [5.41, 5.74) is 6.27. The fourth-order valence-electron chi connectivity index (χ4n) is 1.95. The first-order valence-electron chi connectivity index (χ1n) is 7.43. The van der Waals surface area contributed by atoms with Gasteiger partial charge < -0.3 is 15.8 Å². The number of hydrogen-bond donors (Lipinski definition) is 2. The Morgan fingerprint density at radius 2 is 2.15 bits per heavy atom. The highest BCUT2D eigenvalue weighted by molar-refractivity contribution is 5.75. The number of hydrogen-bond acceptors (Lipinski definition) is 3. The van der Waals surface area contributed by atoms with Gasteiger partial charge in [-0.3, -0.25) is 4.79 Å². The van der Waals surface area contributed by atoms with Gasteiger partial charge in [0.2, 0.25) is 5.91 Å². The van der Waals surface area contributed by atoms with Crippen LogP contribution in [0.2, 0.25) is 0 Å². The summed E-state index contributed by atoms with van der Waals surface area (Å²) in [5.74, 6) is 0.600. The van der Waals surface area contributed by atoms with E-state index in [-0.39, 0.29) is 12.5 Å². The summed E-state index contributed by atoms with van der Waals surface area (Å²) in [6.45, 7) is 3.95. The Morgan fingerprint density at radius 3 is 2.90 bits per heavy atom. The number of ether oxygens (including phenoxy) is 1. The lowest BCUT2D eigenvalue weighted by molar-refractivity contribution is -0.117. The van der Waals surface area contributed by atoms with Crippen LogP contribution in [-0.4, -0.2) is 25.6 Å². The molecule has 0 saturated carbocycles. The molecule has 1 rings (SSSR count). The van der Waals surface area contributed by atoms with Crippen molar-refractivity contribution in [1.82, 2.24) is 5.32 Å². The number of nitrogens with one attached hydrogen (secondary N) is 1. The smallest absolute Gasteiger partial charge is 0.231 e. The molecule has 0 bridgehead atoms. The van der Waals surface area contributed by atoms with E-state index in [2.05, 4.69) is 24.4 Å². The zero-order valence-corrected chi connectivity index (χ0v) is 12.4. The molecule has 0 aromatic heterocycles. The van der Waals surface area contributed by atoms with E-state index in [9.17, 15) is 4.79 Å². The largest absolute Gasteiger partial charge is 0.494 e. The van der Waals surface area contributed by atoms with Gasteiger partial charge in [-0.25, -0.2) is 0 Å². The van der Waals surface area contributed by atoms with Crippen molar-refractivity contribution in [3.05, 3.63) is 29.8 Å². The van der Waals surface area contributed by atoms with E-state index in [4.69, 9.17) is 10.5 Å². The fraction of sp³-hybridized carbons (Fsp3) is 0.562. The molecule has 3 N–H and O–H groups in total. The van der Waals surface area contributed by atoms with Crippen molar-refractivity contribution in [2.24, 2.45) is 5.73 Å². The van der Waals surface area contributed by atoms with Crippen LogP contribution in [0.15, 0.2) is 24.3 Å². The van der Waals surface area contributed by atoms with Gasteiger partial charge in [-0.05, 0) is 37.1 Å². The molecule has 0 atom stereocenters. The molecular formula is C16H26N2O2. The van der Waals surface area contributed by atoms with Crippen LogP contribution in [0, 0.1) is 0 Å². The Kier molecular flexibility index (Phi) is 8.47. The topological polar surface area (TPSA) is 64.3 Å². The fourth-order valence-corrected chi connectivity index (χ4v) is 1.95. The van der Waals surface area contributed by atoms with Crippen LogP contribution in [0.5, 0.6) is 5.75 Å². The highest BCUT2D eigenvalue weighted by atomic mass is 16.5. The van der Waals surface area contributed by atoms with Gasteiger partial charge in [0.15, 0.2) is 0 Å². The Morgan fingerprint density at radius 1 is 1.30 bits per heavy atom. The zero-order valence-electron chi connectivity index (χ0n) is 12.4. The standard InChI is InChI=1S/C16H26N2O2/c1-2-3-4-5-11-20-15-8-6-7-14(12-15)9-10-18-13-16(17)19/h6-8,12,18H,2-5,9-11,13H2,1H3,(H2,17,19). The third-order valence-electron chi connectivity index (χ3n) is 3.05. The third kappa shape index (κ3) is 7.79. The van der Waals surface area contributed by atoms with Gasteiger partial charge >= 0.3 is 0 Å². The molecule has 1 aromatic carbocycles. The first-order chi connectivity index (χ1) is 9.72. The number of carbonyl (C=O) groups excluding carboxylic acids is 1. The van der Waals surface area contributed by atoms with E-state index in [0.29, 0.717) is 0 Å². The SMILES string of the molecule is CCCCCCOc1cccc(CCNCC(N)=O)c1. The Labute approximate surface area is 121 Å². The highest BCUT2D eigenvalue weighted by Crippen LogP contribution is 2.14. The summed E-state index contributed by atoms with van der Waals surface area (Å²) in [5, 5.41) is 3.00. The lowest BCUT2D eigenvalue weighted by Crippen LogP contribution is -2.29. The Balaban J connectivity index is 2.24. The van der Waals surface area contributed by atoms with Gasteiger partial charge in [-0.1, -0.05) is 38.3 Å². The van der Waals surface area contributed by atoms with Gasteiger partial charge in [0.1, 0.15) is 5.75 Å². The van der Waals surface area contributed by atoms with Crippen molar-refractivity contribution in [2.45, 2.75) is 39.0 Å². The highest BCUT2D eigenvalue weighted by Gasteiger charge is 1.98. The molecule has 4 nitrogen and oxygen atoms in total. The van der Waals surface area contributed by atoms with E-state index >= 15 is 0 Å². The maximum atomic E-state index is 10.6. The van der Waals surface area contributed by atoms with Gasteiger partial charge in [0.05, 0.1) is 13.2 Å². The number of benzene rings is 1. The summed E-state index contributed by atoms with van der Waals surface area (Å²) in [4.78, 5) is 10.6. The second kappa shape index (κ2) is 10.3. The number of nitrogens with two attached hydrogens (primary N) is 1. The van der Waals surface area contributed by atoms with Crippen LogP contribution in [0.1, 0.15) is 38.2 Å². The van der Waals surface area contributed by atoms with Crippen LogP contribution >= 0.6 is 0 Å². The summed E-state index contributed by atoms with van der Waals surface area (Å²) >= 11 is 0. The summed E-state index contributed by atoms with van der Waals surface area (Å²) in [6, 6.07) is 8.12. The minimum atomic E-state index is -0.325. The maximum absolute atomic E-state index is 10.6. The molecule has 1 amide bonds. The number of unbranched alkanes of at least 4 members (excludes halogenated alkanes) is 3. The average molecular weight is 278 g/mol. The molecule has 0 saturated heterocycles. The average Bonchev–Trinajstić information content (AvgIpc) is 2.44. The predicted molar refractivity (Wildman–Crippen MR) is 81.8 cm³/mol. The van der Waals surface area contributed by atoms with Crippen molar-refractivity contribution >= 4 is 5.91 Å². The van der Waals surface area contributed by atoms with E-state index in [1.807, 2.05) is 12.1 Å². The Bertz CT molecular complexity index is 394. The molecule has 0 heterocycles. The molecule has 0 unspecified atom stereocenters. The molecule has 0 spiro atoms. The number of carbonyl (C=O) groups is 1. The lowest BCUT2D eigenvalue weighted by Gasteiger charge is -2.08. The van der Waals surface area contributed by atoms with Crippen LogP contribution in [0.25, 0.3) is 0 Å². The van der Waals surface area contributed by atoms with E-state index in [0.717, 1.165) is 31.7 Å². The van der Waals surface area contributed by atoms with E-state index in [1.165, 1.54) is 24.8 Å². The van der Waals surface area contributed by atoms with Crippen LogP contribution < -0.4 is 15.8 Å². The molecule has 1 aromatic rings. The molecule has 0 aliphatic rings. The number of amides is 1. The molecule has 0 radical (unpaired) electrons. The van der Waals surface area contributed by atoms with Crippen molar-refractivity contribution in [3.8, 4) is 5.75 Å². The lowest BCUT2D eigenvalue weighted by atomic mass is 10.1. The second-order valence-electron chi connectivity index (χ2n) is 4.95. The maximum Gasteiger partial charge on any atom is 0.231 e. The molecular weight excluding hydrogens is 252 g/mol. The molecule has 112 valence electrons. The van der Waals surface area contributed by atoms with Crippen LogP contribution in [0.3, 0.4) is 0 Å². The van der Waals surface area contributed by atoms with Crippen LogP contribution in [0.4, 0.5) is 0 Å². The number of primary amides is 1. The summed E-state index contributed by atoms with van der Waals surface area (Å²) in [6.07, 6.45) is 5.72. The van der Waals surface area contributed by atoms with Gasteiger partial charge in [-0.15, -0.1) is 0 Å². The Hall–Kier alpha value is -1.55. The summed E-state index contributed by atoms with van der Waals surface area (Å²) in [7, 11) is 0. The summed E-state index contributed by atoms with van der Waals surface area (Å²) < 4.78 is 5.74. The normalized spacial score (nSPS) is 10.4. The third-order valence-corrected chi connectivity index (χ3v) is 3.05. The van der Waals surface area contributed by atoms with Crippen molar-refractivity contribution in [1.29, 1.82) is 0 Å². The minimum Gasteiger partial charge on any atom is -0.494 e. The zero-order chi connectivity index (χ0) is 14.6. The second-order valence-corrected chi connectivity index (χ2v) is 4.95. The van der Waals surface area contributed by atoms with Gasteiger partial charge in [0.25, 0.3) is 0 Å². The molecule has 20 heavy (non-hydrogen) atoms. The van der Waals surface area contributed by atoms with Crippen molar-refractivity contribution < 1.29 is 9.53 Å². The number of rotatable bonds is 11. The monoisotopic (exact) mass is 278 g/mol. The first kappa shape index (κ1) is 16.5. The minimum absolute atomic E-state index is 0.230. The molecule has 0 aliphatic heterocycles. The van der Waals surface area contributed by atoms with E-state index < -0.39 is 0 Å². The van der Waals surface area contributed by atoms with Gasteiger partial charge in [-0.2, -0.15) is 0 Å². The molecule has 0 fully saturated rings. The van der Waals surface area contributed by atoms with Crippen molar-refractivity contribution in [3.63, 3.8) is 0 Å². The first-order valence-corrected chi connectivity index (χ1v) is 7.43. The quantitative estimate of drug-likeness (QED) is 0.610. The van der Waals surface area contributed by atoms with Crippen molar-refractivity contribution in [2.75, 3.05) is 19.7 Å². The van der Waals surface area contributed by atoms with Crippen LogP contribution in [-0.2, 0) is 11.2 Å². The molecule has 4 heteroatoms. The van der Waals surface area contributed by atoms with E-state index in [1.54, 1.807) is 0 Å².